The van der Waals surface area contributed by atoms with Crippen LogP contribution in [0, 0.1) is 11.8 Å². The summed E-state index contributed by atoms with van der Waals surface area (Å²) in [5.74, 6) is 2.12. The van der Waals surface area contributed by atoms with Gasteiger partial charge in [-0.2, -0.15) is 0 Å². The van der Waals surface area contributed by atoms with Crippen LogP contribution in [0.3, 0.4) is 0 Å². The third kappa shape index (κ3) is 22.8. The van der Waals surface area contributed by atoms with Crippen LogP contribution in [0.4, 0.5) is 0 Å². The second-order valence-corrected chi connectivity index (χ2v) is 10.6. The molecular weight excluding hydrogens is 476 g/mol. The van der Waals surface area contributed by atoms with Gasteiger partial charge in [0.2, 0.25) is 0 Å². The van der Waals surface area contributed by atoms with E-state index in [1.54, 1.807) is 0 Å². The Kier molecular flexibility index (Phi) is 31.0. The van der Waals surface area contributed by atoms with E-state index >= 15 is 0 Å². The molecule has 0 amide bonds. The van der Waals surface area contributed by atoms with Crippen molar-refractivity contribution >= 4 is 0 Å². The predicted octanol–water partition coefficient (Wildman–Crippen LogP) is 9.99. The standard InChI is InChI=1S/C10H20.C9H18O.2C5H10.2Fe/c1-2-3-4-7-10-8-5-6-9-10;10-8-4-3-7-9-5-1-2-6-9;2*1-2-4-5-3-1;;/h10H,2-9H2,1H3;9-10H,1-8H2;2*1-5H2;;. The third-order valence-electron chi connectivity index (χ3n) is 7.69. The summed E-state index contributed by atoms with van der Waals surface area (Å²) in [4.78, 5) is 0. The van der Waals surface area contributed by atoms with Gasteiger partial charge in [-0.3, -0.25) is 0 Å². The predicted molar refractivity (Wildman–Crippen MR) is 135 cm³/mol. The van der Waals surface area contributed by atoms with Gasteiger partial charge in [-0.15, -0.1) is 0 Å². The van der Waals surface area contributed by atoms with Crippen molar-refractivity contribution in [2.24, 2.45) is 11.8 Å². The molecular formula is C29H58Fe2O. The molecule has 1 nitrogen and oxygen atoms in total. The van der Waals surface area contributed by atoms with E-state index in [0.717, 1.165) is 18.3 Å². The van der Waals surface area contributed by atoms with E-state index < -0.39 is 0 Å². The molecule has 0 heterocycles. The Labute approximate surface area is 224 Å². The molecule has 0 aromatic rings. The summed E-state index contributed by atoms with van der Waals surface area (Å²) < 4.78 is 0. The van der Waals surface area contributed by atoms with Crippen molar-refractivity contribution in [1.82, 2.24) is 0 Å². The molecule has 0 aromatic heterocycles. The van der Waals surface area contributed by atoms with Crippen molar-refractivity contribution in [2.75, 3.05) is 6.61 Å². The number of unbranched alkanes of at least 4 members (excludes halogenated alkanes) is 3. The van der Waals surface area contributed by atoms with Crippen LogP contribution in [0.5, 0.6) is 0 Å². The molecule has 0 unspecified atom stereocenters. The molecule has 196 valence electrons. The number of rotatable bonds is 8. The van der Waals surface area contributed by atoms with Crippen molar-refractivity contribution < 1.29 is 39.2 Å². The normalized spacial score (nSPS) is 20.1. The maximum absolute atomic E-state index is 8.54. The molecule has 4 rings (SSSR count). The minimum atomic E-state index is 0. The summed E-state index contributed by atoms with van der Waals surface area (Å²) in [6, 6.07) is 0. The summed E-state index contributed by atoms with van der Waals surface area (Å²) in [5.41, 5.74) is 0. The molecule has 0 radical (unpaired) electrons. The van der Waals surface area contributed by atoms with Gasteiger partial charge >= 0.3 is 0 Å². The van der Waals surface area contributed by atoms with Crippen LogP contribution in [-0.2, 0) is 34.1 Å². The number of aliphatic hydroxyl groups excluding tert-OH is 1. The fourth-order valence-electron chi connectivity index (χ4n) is 5.59. The average molecular weight is 534 g/mol. The SMILES string of the molecule is C1CCCC1.C1CCCC1.CCCCCC1CCCC1.OCCCCC1CCCC1.[Fe].[Fe]. The summed E-state index contributed by atoms with van der Waals surface area (Å²) in [6.07, 6.45) is 36.3. The van der Waals surface area contributed by atoms with Crippen molar-refractivity contribution in [3.05, 3.63) is 0 Å². The van der Waals surface area contributed by atoms with E-state index in [4.69, 9.17) is 5.11 Å². The maximum Gasteiger partial charge on any atom is 0.0431 e. The van der Waals surface area contributed by atoms with E-state index in [2.05, 4.69) is 6.92 Å². The number of hydrogen-bond donors (Lipinski definition) is 1. The van der Waals surface area contributed by atoms with Gasteiger partial charge in [0.1, 0.15) is 0 Å². The first kappa shape index (κ1) is 35.2. The monoisotopic (exact) mass is 534 g/mol. The van der Waals surface area contributed by atoms with Crippen LogP contribution in [0.2, 0.25) is 0 Å². The molecule has 0 saturated heterocycles. The maximum atomic E-state index is 8.54. The van der Waals surface area contributed by atoms with E-state index in [1.165, 1.54) is 154 Å². The molecule has 32 heavy (non-hydrogen) atoms. The molecule has 0 aromatic carbocycles. The van der Waals surface area contributed by atoms with E-state index in [-0.39, 0.29) is 34.1 Å². The molecule has 0 spiro atoms. The van der Waals surface area contributed by atoms with Crippen molar-refractivity contribution in [1.29, 1.82) is 0 Å². The van der Waals surface area contributed by atoms with Gasteiger partial charge in [-0.25, -0.2) is 0 Å². The average Bonchev–Trinajstić information content (AvgIpc) is 3.59. The minimum Gasteiger partial charge on any atom is -0.396 e. The molecule has 0 aliphatic heterocycles. The van der Waals surface area contributed by atoms with Crippen LogP contribution in [0.15, 0.2) is 0 Å². The molecule has 4 fully saturated rings. The van der Waals surface area contributed by atoms with Crippen LogP contribution >= 0.6 is 0 Å². The fourth-order valence-corrected chi connectivity index (χ4v) is 5.59. The van der Waals surface area contributed by atoms with Gasteiger partial charge in [0.25, 0.3) is 0 Å². The van der Waals surface area contributed by atoms with E-state index in [1.807, 2.05) is 0 Å². The summed E-state index contributed by atoms with van der Waals surface area (Å²) >= 11 is 0. The second-order valence-electron chi connectivity index (χ2n) is 10.6. The van der Waals surface area contributed by atoms with Gasteiger partial charge in [0.15, 0.2) is 0 Å². The van der Waals surface area contributed by atoms with Crippen molar-refractivity contribution in [3.63, 3.8) is 0 Å². The topological polar surface area (TPSA) is 20.2 Å². The first-order valence-electron chi connectivity index (χ1n) is 14.5. The van der Waals surface area contributed by atoms with Crippen LogP contribution in [-0.4, -0.2) is 11.7 Å². The van der Waals surface area contributed by atoms with Gasteiger partial charge in [-0.05, 0) is 18.3 Å². The second kappa shape index (κ2) is 28.2. The Morgan fingerprint density at radius 2 is 0.781 bits per heavy atom. The zero-order valence-corrected chi connectivity index (χ0v) is 23.9. The Hall–Kier alpha value is 0.999. The van der Waals surface area contributed by atoms with Gasteiger partial charge in [0.05, 0.1) is 0 Å². The molecule has 4 aliphatic carbocycles. The fraction of sp³-hybridized carbons (Fsp3) is 1.00. The van der Waals surface area contributed by atoms with Crippen molar-refractivity contribution in [2.45, 2.75) is 167 Å². The number of aliphatic hydroxyl groups is 1. The third-order valence-corrected chi connectivity index (χ3v) is 7.69. The van der Waals surface area contributed by atoms with E-state index in [9.17, 15) is 0 Å². The first-order chi connectivity index (χ1) is 14.9. The zero-order chi connectivity index (χ0) is 21.5. The quantitative estimate of drug-likeness (QED) is 0.243. The Bertz CT molecular complexity index is 270. The summed E-state index contributed by atoms with van der Waals surface area (Å²) in [6.45, 7) is 2.67. The Balaban J connectivity index is 0. The largest absolute Gasteiger partial charge is 0.396 e. The van der Waals surface area contributed by atoms with Crippen molar-refractivity contribution in [3.8, 4) is 0 Å². The summed E-state index contributed by atoms with van der Waals surface area (Å²) in [7, 11) is 0. The summed E-state index contributed by atoms with van der Waals surface area (Å²) in [5, 5.41) is 8.54. The van der Waals surface area contributed by atoms with Crippen LogP contribution in [0.1, 0.15) is 167 Å². The molecule has 4 aliphatic rings. The Morgan fingerprint density at radius 1 is 0.469 bits per heavy atom. The van der Waals surface area contributed by atoms with Gasteiger partial charge in [-0.1, -0.05) is 161 Å². The minimum absolute atomic E-state index is 0. The first-order valence-corrected chi connectivity index (χ1v) is 14.5. The Morgan fingerprint density at radius 3 is 1.06 bits per heavy atom. The smallest absolute Gasteiger partial charge is 0.0431 e. The van der Waals surface area contributed by atoms with Gasteiger partial charge < -0.3 is 5.11 Å². The molecule has 0 bridgehead atoms. The molecule has 3 heteroatoms. The zero-order valence-electron chi connectivity index (χ0n) is 21.7. The van der Waals surface area contributed by atoms with Crippen LogP contribution < -0.4 is 0 Å². The van der Waals surface area contributed by atoms with Gasteiger partial charge in [0, 0.05) is 40.7 Å². The van der Waals surface area contributed by atoms with Crippen LogP contribution in [0.25, 0.3) is 0 Å². The molecule has 4 saturated carbocycles. The molecule has 0 atom stereocenters. The van der Waals surface area contributed by atoms with E-state index in [0.29, 0.717) is 6.61 Å². The number of hydrogen-bond acceptors (Lipinski definition) is 1. The molecule has 1 N–H and O–H groups in total.